The molecule has 0 aliphatic rings. The van der Waals surface area contributed by atoms with E-state index in [9.17, 15) is 0 Å². The van der Waals surface area contributed by atoms with Crippen molar-refractivity contribution in [1.29, 1.82) is 0 Å². The van der Waals surface area contributed by atoms with Crippen molar-refractivity contribution in [3.05, 3.63) is 35.9 Å². The molecule has 0 heterocycles. The summed E-state index contributed by atoms with van der Waals surface area (Å²) in [7, 11) is 1.85. The van der Waals surface area contributed by atoms with Crippen molar-refractivity contribution < 1.29 is 0 Å². The highest BCUT2D eigenvalue weighted by Crippen LogP contribution is 2.18. The molecule has 13 heavy (non-hydrogen) atoms. The lowest BCUT2D eigenvalue weighted by atomic mass is 9.96. The molecule has 0 saturated heterocycles. The Hall–Kier alpha value is -1.11. The zero-order chi connectivity index (χ0) is 9.68. The molecule has 1 unspecified atom stereocenters. The summed E-state index contributed by atoms with van der Waals surface area (Å²) in [4.78, 5) is 4.17. The van der Waals surface area contributed by atoms with Crippen molar-refractivity contribution in [1.82, 2.24) is 0 Å². The Labute approximate surface area is 80.5 Å². The second-order valence-corrected chi connectivity index (χ2v) is 3.47. The molecular formula is C12H17N. The minimum atomic E-state index is 0.574. The van der Waals surface area contributed by atoms with Gasteiger partial charge in [-0.05, 0) is 24.8 Å². The first-order valence-corrected chi connectivity index (χ1v) is 4.71. The molecule has 1 aromatic carbocycles. The van der Waals surface area contributed by atoms with Gasteiger partial charge >= 0.3 is 0 Å². The fraction of sp³-hybridized carbons (Fsp3) is 0.417. The second kappa shape index (κ2) is 4.80. The van der Waals surface area contributed by atoms with E-state index in [0.717, 1.165) is 6.42 Å². The normalized spacial score (nSPS) is 14.2. The van der Waals surface area contributed by atoms with Crippen molar-refractivity contribution >= 4 is 5.71 Å². The van der Waals surface area contributed by atoms with Gasteiger partial charge in [0.2, 0.25) is 0 Å². The van der Waals surface area contributed by atoms with Gasteiger partial charge in [-0.3, -0.25) is 4.99 Å². The van der Waals surface area contributed by atoms with Crippen LogP contribution in [0, 0.1) is 0 Å². The van der Waals surface area contributed by atoms with Crippen LogP contribution in [0.15, 0.2) is 35.3 Å². The fourth-order valence-electron chi connectivity index (χ4n) is 1.43. The summed E-state index contributed by atoms with van der Waals surface area (Å²) in [6, 6.07) is 10.6. The van der Waals surface area contributed by atoms with Crippen LogP contribution in [0.5, 0.6) is 0 Å². The second-order valence-electron chi connectivity index (χ2n) is 3.47. The summed E-state index contributed by atoms with van der Waals surface area (Å²) in [6.07, 6.45) is 1.06. The van der Waals surface area contributed by atoms with Gasteiger partial charge in [-0.1, -0.05) is 37.3 Å². The van der Waals surface area contributed by atoms with Crippen LogP contribution < -0.4 is 0 Å². The predicted octanol–water partition coefficient (Wildman–Crippen LogP) is 3.27. The molecule has 0 amide bonds. The van der Waals surface area contributed by atoms with Crippen LogP contribution in [-0.2, 0) is 0 Å². The van der Waals surface area contributed by atoms with Crippen molar-refractivity contribution in [3.8, 4) is 0 Å². The van der Waals surface area contributed by atoms with Crippen LogP contribution in [0.2, 0.25) is 0 Å². The van der Waals surface area contributed by atoms with Crippen molar-refractivity contribution in [2.75, 3.05) is 7.05 Å². The lowest BCUT2D eigenvalue weighted by Crippen LogP contribution is -2.00. The number of rotatable bonds is 3. The molecule has 1 heteroatoms. The van der Waals surface area contributed by atoms with Gasteiger partial charge in [0, 0.05) is 12.8 Å². The maximum atomic E-state index is 4.17. The summed E-state index contributed by atoms with van der Waals surface area (Å²) >= 11 is 0. The maximum Gasteiger partial charge on any atom is 0.0276 e. The highest BCUT2D eigenvalue weighted by atomic mass is 14.7. The van der Waals surface area contributed by atoms with E-state index in [4.69, 9.17) is 0 Å². The maximum absolute atomic E-state index is 4.17. The van der Waals surface area contributed by atoms with E-state index in [-0.39, 0.29) is 0 Å². The van der Waals surface area contributed by atoms with Crippen LogP contribution in [0.3, 0.4) is 0 Å². The number of benzene rings is 1. The Morgan fingerprint density at radius 1 is 1.31 bits per heavy atom. The Morgan fingerprint density at radius 3 is 2.46 bits per heavy atom. The van der Waals surface area contributed by atoms with Crippen LogP contribution >= 0.6 is 0 Å². The Bertz CT molecular complexity index is 274. The minimum Gasteiger partial charge on any atom is -0.298 e. The Kier molecular flexibility index (Phi) is 3.69. The van der Waals surface area contributed by atoms with E-state index in [1.807, 2.05) is 7.05 Å². The van der Waals surface area contributed by atoms with Crippen molar-refractivity contribution in [2.45, 2.75) is 26.2 Å². The van der Waals surface area contributed by atoms with Gasteiger partial charge in [-0.25, -0.2) is 0 Å². The topological polar surface area (TPSA) is 12.4 Å². The molecule has 0 spiro atoms. The molecule has 1 nitrogen and oxygen atoms in total. The Balaban J connectivity index is 2.64. The third-order valence-corrected chi connectivity index (χ3v) is 2.35. The van der Waals surface area contributed by atoms with Crippen LogP contribution in [0.4, 0.5) is 0 Å². The van der Waals surface area contributed by atoms with E-state index >= 15 is 0 Å². The van der Waals surface area contributed by atoms with Gasteiger partial charge in [0.1, 0.15) is 0 Å². The largest absolute Gasteiger partial charge is 0.298 e. The lowest BCUT2D eigenvalue weighted by molar-refractivity contribution is 0.801. The van der Waals surface area contributed by atoms with E-state index in [1.54, 1.807) is 0 Å². The Morgan fingerprint density at radius 2 is 1.92 bits per heavy atom. The molecule has 0 N–H and O–H groups in total. The first-order chi connectivity index (χ1) is 6.24. The van der Waals surface area contributed by atoms with Crippen LogP contribution in [0.1, 0.15) is 31.7 Å². The van der Waals surface area contributed by atoms with Gasteiger partial charge in [-0.2, -0.15) is 0 Å². The highest BCUT2D eigenvalue weighted by Gasteiger charge is 2.05. The molecule has 0 bridgehead atoms. The predicted molar refractivity (Wildman–Crippen MR) is 58.5 cm³/mol. The summed E-state index contributed by atoms with van der Waals surface area (Å²) in [5.41, 5.74) is 2.61. The molecule has 1 atom stereocenters. The highest BCUT2D eigenvalue weighted by molar-refractivity contribution is 5.82. The zero-order valence-corrected chi connectivity index (χ0v) is 8.62. The van der Waals surface area contributed by atoms with Gasteiger partial charge < -0.3 is 0 Å². The summed E-state index contributed by atoms with van der Waals surface area (Å²) in [5.74, 6) is 0.574. The number of aliphatic imine (C=N–C) groups is 1. The SMILES string of the molecule is CN=C(C)CC(C)c1ccccc1. The van der Waals surface area contributed by atoms with Crippen LogP contribution in [-0.4, -0.2) is 12.8 Å². The third kappa shape index (κ3) is 3.02. The van der Waals surface area contributed by atoms with E-state index < -0.39 is 0 Å². The zero-order valence-electron chi connectivity index (χ0n) is 8.62. The summed E-state index contributed by atoms with van der Waals surface area (Å²) < 4.78 is 0. The van der Waals surface area contributed by atoms with Crippen molar-refractivity contribution in [3.63, 3.8) is 0 Å². The van der Waals surface area contributed by atoms with Crippen molar-refractivity contribution in [2.24, 2.45) is 4.99 Å². The molecular weight excluding hydrogens is 158 g/mol. The molecule has 0 aromatic heterocycles. The fourth-order valence-corrected chi connectivity index (χ4v) is 1.43. The molecule has 0 radical (unpaired) electrons. The number of hydrogen-bond acceptors (Lipinski definition) is 1. The smallest absolute Gasteiger partial charge is 0.0276 e. The number of hydrogen-bond donors (Lipinski definition) is 0. The summed E-state index contributed by atoms with van der Waals surface area (Å²) in [5, 5.41) is 0. The van der Waals surface area contributed by atoms with E-state index in [0.29, 0.717) is 5.92 Å². The molecule has 0 aliphatic carbocycles. The molecule has 70 valence electrons. The monoisotopic (exact) mass is 175 g/mol. The molecule has 0 fully saturated rings. The first kappa shape index (κ1) is 9.97. The average molecular weight is 175 g/mol. The number of nitrogens with zero attached hydrogens (tertiary/aromatic N) is 1. The first-order valence-electron chi connectivity index (χ1n) is 4.71. The van der Waals surface area contributed by atoms with Gasteiger partial charge in [0.25, 0.3) is 0 Å². The summed E-state index contributed by atoms with van der Waals surface area (Å²) in [6.45, 7) is 4.32. The van der Waals surface area contributed by atoms with Crippen LogP contribution in [0.25, 0.3) is 0 Å². The molecule has 1 rings (SSSR count). The lowest BCUT2D eigenvalue weighted by Gasteiger charge is -2.10. The average Bonchev–Trinajstić information content (AvgIpc) is 2.19. The minimum absolute atomic E-state index is 0.574. The van der Waals surface area contributed by atoms with Gasteiger partial charge in [0.15, 0.2) is 0 Å². The molecule has 0 aliphatic heterocycles. The third-order valence-electron chi connectivity index (χ3n) is 2.35. The van der Waals surface area contributed by atoms with Gasteiger partial charge in [-0.15, -0.1) is 0 Å². The van der Waals surface area contributed by atoms with E-state index in [1.165, 1.54) is 11.3 Å². The quantitative estimate of drug-likeness (QED) is 0.625. The van der Waals surface area contributed by atoms with E-state index in [2.05, 4.69) is 49.2 Å². The standard InChI is InChI=1S/C12H17N/c1-10(9-11(2)13-3)12-7-5-4-6-8-12/h4-8,10H,9H2,1-3H3. The van der Waals surface area contributed by atoms with Gasteiger partial charge in [0.05, 0.1) is 0 Å². The molecule has 1 aromatic rings. The molecule has 0 saturated carbocycles.